The summed E-state index contributed by atoms with van der Waals surface area (Å²) in [5.41, 5.74) is 2.28. The van der Waals surface area contributed by atoms with Crippen LogP contribution < -0.4 is 25.6 Å². The zero-order valence-corrected chi connectivity index (χ0v) is 22.3. The Balaban J connectivity index is 1.22. The fraction of sp³-hybridized carbons (Fsp3) is 0.276. The maximum atomic E-state index is 13.3. The molecule has 3 N–H and O–H groups in total. The molecule has 208 valence electrons. The molecule has 12 heteroatoms. The Bertz CT molecular complexity index is 1710. The molecule has 0 spiro atoms. The first kappa shape index (κ1) is 25.0. The van der Waals surface area contributed by atoms with Crippen molar-refractivity contribution in [3.05, 3.63) is 71.6 Å². The zero-order chi connectivity index (χ0) is 28.1. The normalized spacial score (nSPS) is 20.4. The van der Waals surface area contributed by atoms with Crippen LogP contribution in [0.5, 0.6) is 5.75 Å². The number of carbonyl (C=O) groups is 3. The molecule has 2 fully saturated rings. The molecule has 0 radical (unpaired) electrons. The Hall–Kier alpha value is -4.97. The lowest BCUT2D eigenvalue weighted by Gasteiger charge is -2.28. The summed E-state index contributed by atoms with van der Waals surface area (Å²) >= 11 is 0. The van der Waals surface area contributed by atoms with Gasteiger partial charge in [0.2, 0.25) is 0 Å². The number of fused-ring (bicyclic) bond motifs is 2. The van der Waals surface area contributed by atoms with Gasteiger partial charge in [0.1, 0.15) is 22.8 Å². The van der Waals surface area contributed by atoms with E-state index >= 15 is 0 Å². The summed E-state index contributed by atoms with van der Waals surface area (Å²) in [5, 5.41) is 8.38. The molecule has 41 heavy (non-hydrogen) atoms. The van der Waals surface area contributed by atoms with Gasteiger partial charge in [-0.25, -0.2) is 14.8 Å². The summed E-state index contributed by atoms with van der Waals surface area (Å²) in [6.45, 7) is 3.73. The molecule has 12 nitrogen and oxygen atoms in total. The average molecular weight is 554 g/mol. The molecule has 3 aliphatic rings. The minimum atomic E-state index is -1.62. The fourth-order valence-electron chi connectivity index (χ4n) is 5.68. The second-order valence-electron chi connectivity index (χ2n) is 10.3. The highest BCUT2D eigenvalue weighted by Gasteiger charge is 2.53. The van der Waals surface area contributed by atoms with Crippen molar-refractivity contribution in [3.63, 3.8) is 0 Å². The monoisotopic (exact) mass is 553 g/mol. The summed E-state index contributed by atoms with van der Waals surface area (Å²) in [6.07, 6.45) is 1.77. The largest absolute Gasteiger partial charge is 0.497 e. The lowest BCUT2D eigenvalue weighted by atomic mass is 9.95. The number of carbonyl (C=O) groups excluding carboxylic acids is 3. The van der Waals surface area contributed by atoms with Crippen LogP contribution in [0.15, 0.2) is 59.1 Å². The smallest absolute Gasteiger partial charge is 0.322 e. The third-order valence-corrected chi connectivity index (χ3v) is 7.84. The molecule has 6 heterocycles. The molecule has 1 aromatic carbocycles. The van der Waals surface area contributed by atoms with Crippen molar-refractivity contribution in [1.82, 2.24) is 30.8 Å². The predicted molar refractivity (Wildman–Crippen MR) is 148 cm³/mol. The van der Waals surface area contributed by atoms with Crippen molar-refractivity contribution in [3.8, 4) is 17.0 Å². The highest BCUT2D eigenvalue weighted by Crippen LogP contribution is 2.35. The van der Waals surface area contributed by atoms with E-state index < -0.39 is 17.5 Å². The number of nitrogens with one attached hydrogen (secondary N) is 3. The number of hydrogen-bond acceptors (Lipinski definition) is 9. The van der Waals surface area contributed by atoms with Crippen LogP contribution in [0.1, 0.15) is 21.7 Å². The number of rotatable bonds is 6. The number of furan rings is 1. The number of aromatic nitrogens is 2. The number of hydrogen-bond donors (Lipinski definition) is 3. The van der Waals surface area contributed by atoms with Crippen molar-refractivity contribution in [2.45, 2.75) is 12.1 Å². The van der Waals surface area contributed by atoms with Crippen LogP contribution >= 0.6 is 0 Å². The molecule has 7 rings (SSSR count). The van der Waals surface area contributed by atoms with E-state index in [0.717, 1.165) is 48.8 Å². The zero-order valence-electron chi connectivity index (χ0n) is 22.3. The standard InChI is InChI=1S/C29H27N7O5/c1-40-19-3-2-18-15-36(26(37)20(18)13-19)16-29(27(38)33-28(39)34-29)24-14-22-23(41-24)5-4-21(32-22)17-6-7-31-25(12-17)35-10-8-30-9-11-35/h2-7,12-14,30H,8-11,15-16H2,1H3,(H2,33,34,38,39)/t29-/m0/s1. The van der Waals surface area contributed by atoms with Gasteiger partial charge in [-0.15, -0.1) is 0 Å². The number of nitrogens with zero attached hydrogens (tertiary/aromatic N) is 4. The van der Waals surface area contributed by atoms with E-state index in [1.165, 1.54) is 12.0 Å². The van der Waals surface area contributed by atoms with Crippen molar-refractivity contribution in [1.29, 1.82) is 0 Å². The summed E-state index contributed by atoms with van der Waals surface area (Å²) in [5.74, 6) is 0.781. The highest BCUT2D eigenvalue weighted by atomic mass is 16.5. The molecule has 4 aromatic rings. The van der Waals surface area contributed by atoms with Crippen LogP contribution in [-0.2, 0) is 16.9 Å². The number of imide groups is 1. The topological polar surface area (TPSA) is 142 Å². The minimum Gasteiger partial charge on any atom is -0.497 e. The maximum absolute atomic E-state index is 13.3. The molecule has 1 atom stereocenters. The van der Waals surface area contributed by atoms with Gasteiger partial charge < -0.3 is 29.6 Å². The second kappa shape index (κ2) is 9.59. The van der Waals surface area contributed by atoms with E-state index in [-0.39, 0.29) is 24.8 Å². The van der Waals surface area contributed by atoms with E-state index in [1.54, 1.807) is 30.5 Å². The van der Waals surface area contributed by atoms with Crippen molar-refractivity contribution in [2.24, 2.45) is 0 Å². The maximum Gasteiger partial charge on any atom is 0.322 e. The summed E-state index contributed by atoms with van der Waals surface area (Å²) in [6, 6.07) is 13.8. The molecule has 0 saturated carbocycles. The van der Waals surface area contributed by atoms with E-state index in [4.69, 9.17) is 14.1 Å². The van der Waals surface area contributed by atoms with E-state index in [9.17, 15) is 14.4 Å². The van der Waals surface area contributed by atoms with Crippen molar-refractivity contribution in [2.75, 3.05) is 44.7 Å². The van der Waals surface area contributed by atoms with Gasteiger partial charge in [-0.1, -0.05) is 6.07 Å². The van der Waals surface area contributed by atoms with Crippen LogP contribution in [-0.4, -0.2) is 72.5 Å². The van der Waals surface area contributed by atoms with Gasteiger partial charge >= 0.3 is 6.03 Å². The molecule has 0 aliphatic carbocycles. The van der Waals surface area contributed by atoms with E-state index in [2.05, 4.69) is 25.8 Å². The van der Waals surface area contributed by atoms with Crippen LogP contribution in [0.3, 0.4) is 0 Å². The van der Waals surface area contributed by atoms with Crippen LogP contribution in [0.2, 0.25) is 0 Å². The Morgan fingerprint density at radius 1 is 1.05 bits per heavy atom. The molecule has 0 bridgehead atoms. The third kappa shape index (κ3) is 4.23. The van der Waals surface area contributed by atoms with Crippen LogP contribution in [0.4, 0.5) is 10.6 Å². The van der Waals surface area contributed by atoms with Crippen LogP contribution in [0, 0.1) is 0 Å². The van der Waals surface area contributed by atoms with Gasteiger partial charge in [0.15, 0.2) is 11.1 Å². The van der Waals surface area contributed by atoms with E-state index in [1.807, 2.05) is 24.3 Å². The molecule has 4 amide bonds. The minimum absolute atomic E-state index is 0.120. The van der Waals surface area contributed by atoms with Gasteiger partial charge in [0.05, 0.1) is 19.3 Å². The first-order chi connectivity index (χ1) is 19.9. The first-order valence-electron chi connectivity index (χ1n) is 13.4. The molecule has 2 saturated heterocycles. The number of anilines is 1. The average Bonchev–Trinajstić information content (AvgIpc) is 3.66. The van der Waals surface area contributed by atoms with Crippen molar-refractivity contribution >= 4 is 34.8 Å². The molecule has 3 aromatic heterocycles. The molecule has 3 aliphatic heterocycles. The van der Waals surface area contributed by atoms with Crippen LogP contribution in [0.25, 0.3) is 22.4 Å². The highest BCUT2D eigenvalue weighted by molar-refractivity contribution is 6.08. The molecule has 0 unspecified atom stereocenters. The Morgan fingerprint density at radius 2 is 1.90 bits per heavy atom. The number of ether oxygens (including phenoxy) is 1. The Labute approximate surface area is 234 Å². The number of methoxy groups -OCH3 is 1. The lowest BCUT2D eigenvalue weighted by molar-refractivity contribution is -0.125. The summed E-state index contributed by atoms with van der Waals surface area (Å²) in [4.78, 5) is 52.1. The number of pyridine rings is 2. The number of amides is 4. The van der Waals surface area contributed by atoms with Gasteiger partial charge in [-0.2, -0.15) is 0 Å². The van der Waals surface area contributed by atoms with Crippen molar-refractivity contribution < 1.29 is 23.5 Å². The number of piperazine rings is 1. The van der Waals surface area contributed by atoms with Gasteiger partial charge in [0, 0.05) is 56.1 Å². The second-order valence-corrected chi connectivity index (χ2v) is 10.3. The molecular formula is C29H27N7O5. The summed E-state index contributed by atoms with van der Waals surface area (Å²) in [7, 11) is 1.54. The van der Waals surface area contributed by atoms with E-state index in [0.29, 0.717) is 22.4 Å². The Morgan fingerprint density at radius 3 is 2.68 bits per heavy atom. The SMILES string of the molecule is COc1ccc2c(c1)C(=O)N(C[C@@]1(c3cc4nc(-c5ccnc(N6CCNCC6)c5)ccc4o3)NC(=O)NC1=O)C2. The van der Waals surface area contributed by atoms with Gasteiger partial charge in [-0.05, 0) is 42.0 Å². The molecular weight excluding hydrogens is 526 g/mol. The number of urea groups is 1. The Kier molecular flexibility index (Phi) is 5.86. The quantitative estimate of drug-likeness (QED) is 0.306. The first-order valence-corrected chi connectivity index (χ1v) is 13.4. The lowest BCUT2D eigenvalue weighted by Crippen LogP contribution is -2.52. The van der Waals surface area contributed by atoms with Gasteiger partial charge in [0.25, 0.3) is 11.8 Å². The number of benzene rings is 1. The van der Waals surface area contributed by atoms with Gasteiger partial charge in [-0.3, -0.25) is 14.9 Å². The fourth-order valence-corrected chi connectivity index (χ4v) is 5.68. The third-order valence-electron chi connectivity index (χ3n) is 7.84. The summed E-state index contributed by atoms with van der Waals surface area (Å²) < 4.78 is 11.4. The predicted octanol–water partition coefficient (Wildman–Crippen LogP) is 2.00.